The number of urea groups is 1. The molecule has 3 N–H and O–H groups in total. The van der Waals surface area contributed by atoms with Crippen molar-refractivity contribution in [2.75, 3.05) is 6.54 Å². The second kappa shape index (κ2) is 10.9. The summed E-state index contributed by atoms with van der Waals surface area (Å²) in [4.78, 5) is 22.1. The van der Waals surface area contributed by atoms with Gasteiger partial charge in [0.15, 0.2) is 0 Å². The fourth-order valence-electron chi connectivity index (χ4n) is 1.65. The zero-order valence-electron chi connectivity index (χ0n) is 11.5. The van der Waals surface area contributed by atoms with Crippen LogP contribution in [0, 0.1) is 0 Å². The van der Waals surface area contributed by atoms with E-state index in [9.17, 15) is 9.59 Å². The molecule has 0 aromatic rings. The molecular weight excluding hydrogens is 232 g/mol. The van der Waals surface area contributed by atoms with E-state index in [0.717, 1.165) is 12.8 Å². The normalized spacial score (nSPS) is 11.9. The number of carbonyl (C=O) groups excluding carboxylic acids is 1. The van der Waals surface area contributed by atoms with Gasteiger partial charge in [0, 0.05) is 6.54 Å². The Hall–Kier alpha value is -1.26. The first kappa shape index (κ1) is 16.7. The van der Waals surface area contributed by atoms with Crippen LogP contribution in [0.1, 0.15) is 58.8 Å². The Balaban J connectivity index is 3.50. The highest BCUT2D eigenvalue weighted by atomic mass is 16.4. The van der Waals surface area contributed by atoms with E-state index in [1.54, 1.807) is 6.92 Å². The Morgan fingerprint density at radius 1 is 1.06 bits per heavy atom. The molecule has 0 aliphatic heterocycles. The number of carboxylic acids is 1. The molecule has 0 fully saturated rings. The fourth-order valence-corrected chi connectivity index (χ4v) is 1.65. The van der Waals surface area contributed by atoms with Crippen molar-refractivity contribution in [3.8, 4) is 0 Å². The van der Waals surface area contributed by atoms with E-state index in [0.29, 0.717) is 13.0 Å². The lowest BCUT2D eigenvalue weighted by Gasteiger charge is -2.13. The molecule has 0 aliphatic rings. The number of carboxylic acid groups (broad SMARTS) is 1. The summed E-state index contributed by atoms with van der Waals surface area (Å²) in [5, 5.41) is 13.9. The quantitative estimate of drug-likeness (QED) is 0.527. The summed E-state index contributed by atoms with van der Waals surface area (Å²) in [5.41, 5.74) is 0. The first-order valence-corrected chi connectivity index (χ1v) is 6.89. The van der Waals surface area contributed by atoms with Crippen molar-refractivity contribution < 1.29 is 14.7 Å². The van der Waals surface area contributed by atoms with Gasteiger partial charge in [-0.1, -0.05) is 46.0 Å². The molecular formula is C13H26N2O3. The van der Waals surface area contributed by atoms with Gasteiger partial charge >= 0.3 is 12.0 Å². The van der Waals surface area contributed by atoms with Crippen LogP contribution in [0.3, 0.4) is 0 Å². The minimum atomic E-state index is -0.993. The van der Waals surface area contributed by atoms with Crippen LogP contribution in [-0.4, -0.2) is 29.7 Å². The minimum absolute atomic E-state index is 0.389. The van der Waals surface area contributed by atoms with Gasteiger partial charge in [0.1, 0.15) is 6.04 Å². The van der Waals surface area contributed by atoms with E-state index in [-0.39, 0.29) is 0 Å². The van der Waals surface area contributed by atoms with Crippen molar-refractivity contribution in [2.45, 2.75) is 64.8 Å². The van der Waals surface area contributed by atoms with Gasteiger partial charge in [-0.3, -0.25) is 0 Å². The van der Waals surface area contributed by atoms with Crippen LogP contribution >= 0.6 is 0 Å². The topological polar surface area (TPSA) is 78.4 Å². The number of unbranched alkanes of at least 4 members (excludes halogenated alkanes) is 5. The average molecular weight is 258 g/mol. The summed E-state index contributed by atoms with van der Waals surface area (Å²) >= 11 is 0. The molecule has 0 saturated carbocycles. The second-order valence-corrected chi connectivity index (χ2v) is 4.47. The van der Waals surface area contributed by atoms with Gasteiger partial charge in [-0.05, 0) is 12.8 Å². The van der Waals surface area contributed by atoms with Crippen LogP contribution in [0.4, 0.5) is 4.79 Å². The zero-order chi connectivity index (χ0) is 13.8. The van der Waals surface area contributed by atoms with Crippen molar-refractivity contribution in [3.05, 3.63) is 0 Å². The van der Waals surface area contributed by atoms with E-state index in [1.165, 1.54) is 25.7 Å². The number of hydrogen-bond donors (Lipinski definition) is 3. The van der Waals surface area contributed by atoms with Crippen molar-refractivity contribution >= 4 is 12.0 Å². The molecule has 0 unspecified atom stereocenters. The molecule has 5 heteroatoms. The molecule has 0 radical (unpaired) electrons. The van der Waals surface area contributed by atoms with Crippen LogP contribution in [-0.2, 0) is 4.79 Å². The molecule has 0 aliphatic carbocycles. The maximum atomic E-state index is 11.4. The molecule has 0 rings (SSSR count). The second-order valence-electron chi connectivity index (χ2n) is 4.47. The van der Waals surface area contributed by atoms with Gasteiger partial charge in [0.25, 0.3) is 0 Å². The fraction of sp³-hybridized carbons (Fsp3) is 0.846. The maximum absolute atomic E-state index is 11.4. The lowest BCUT2D eigenvalue weighted by atomic mass is 10.1. The van der Waals surface area contributed by atoms with Crippen LogP contribution in [0.2, 0.25) is 0 Å². The Morgan fingerprint density at radius 2 is 1.67 bits per heavy atom. The molecule has 0 saturated heterocycles. The number of nitrogens with one attached hydrogen (secondary N) is 2. The SMILES string of the molecule is CCCCCCCCNC(=O)N[C@H](CC)C(=O)O. The Bertz CT molecular complexity index is 244. The van der Waals surface area contributed by atoms with Gasteiger partial charge in [-0.15, -0.1) is 0 Å². The summed E-state index contributed by atoms with van der Waals surface area (Å²) in [7, 11) is 0. The molecule has 5 nitrogen and oxygen atoms in total. The van der Waals surface area contributed by atoms with E-state index in [4.69, 9.17) is 5.11 Å². The van der Waals surface area contributed by atoms with E-state index in [1.807, 2.05) is 0 Å². The zero-order valence-corrected chi connectivity index (χ0v) is 11.5. The molecule has 2 amide bonds. The highest BCUT2D eigenvalue weighted by Crippen LogP contribution is 2.03. The smallest absolute Gasteiger partial charge is 0.326 e. The van der Waals surface area contributed by atoms with Crippen LogP contribution in [0.25, 0.3) is 0 Å². The van der Waals surface area contributed by atoms with E-state index >= 15 is 0 Å². The summed E-state index contributed by atoms with van der Waals surface area (Å²) in [6.45, 7) is 4.51. The molecule has 106 valence electrons. The molecule has 18 heavy (non-hydrogen) atoms. The van der Waals surface area contributed by atoms with Gasteiger partial charge in [0.05, 0.1) is 0 Å². The van der Waals surface area contributed by atoms with Gasteiger partial charge in [-0.2, -0.15) is 0 Å². The standard InChI is InChI=1S/C13H26N2O3/c1-3-5-6-7-8-9-10-14-13(18)15-11(4-2)12(16)17/h11H,3-10H2,1-2H3,(H,16,17)(H2,14,15,18)/t11-/m1/s1. The Labute approximate surface area is 109 Å². The number of aliphatic carboxylic acids is 1. The number of amides is 2. The monoisotopic (exact) mass is 258 g/mol. The Kier molecular flexibility index (Phi) is 10.1. The molecule has 0 heterocycles. The molecule has 0 aromatic heterocycles. The lowest BCUT2D eigenvalue weighted by molar-refractivity contribution is -0.139. The average Bonchev–Trinajstić information content (AvgIpc) is 2.34. The number of carbonyl (C=O) groups is 2. The third-order valence-corrected chi connectivity index (χ3v) is 2.83. The maximum Gasteiger partial charge on any atom is 0.326 e. The summed E-state index contributed by atoms with van der Waals surface area (Å²) < 4.78 is 0. The number of hydrogen-bond acceptors (Lipinski definition) is 2. The molecule has 0 bridgehead atoms. The van der Waals surface area contributed by atoms with Crippen molar-refractivity contribution in [1.29, 1.82) is 0 Å². The van der Waals surface area contributed by atoms with Crippen molar-refractivity contribution in [3.63, 3.8) is 0 Å². The lowest BCUT2D eigenvalue weighted by Crippen LogP contribution is -2.45. The van der Waals surface area contributed by atoms with Gasteiger partial charge in [0.2, 0.25) is 0 Å². The molecule has 0 spiro atoms. The highest BCUT2D eigenvalue weighted by Gasteiger charge is 2.16. The van der Waals surface area contributed by atoms with Crippen LogP contribution in [0.15, 0.2) is 0 Å². The molecule has 0 aromatic carbocycles. The third kappa shape index (κ3) is 8.84. The summed E-state index contributed by atoms with van der Waals surface area (Å²) in [5.74, 6) is -0.993. The van der Waals surface area contributed by atoms with E-state index < -0.39 is 18.0 Å². The van der Waals surface area contributed by atoms with Gasteiger partial charge in [-0.25, -0.2) is 9.59 Å². The minimum Gasteiger partial charge on any atom is -0.480 e. The summed E-state index contributed by atoms with van der Waals surface area (Å²) in [6, 6.07) is -1.19. The van der Waals surface area contributed by atoms with Crippen molar-refractivity contribution in [2.24, 2.45) is 0 Å². The van der Waals surface area contributed by atoms with Gasteiger partial charge < -0.3 is 15.7 Å². The first-order valence-electron chi connectivity index (χ1n) is 6.89. The number of rotatable bonds is 10. The first-order chi connectivity index (χ1) is 8.61. The van der Waals surface area contributed by atoms with Crippen LogP contribution < -0.4 is 10.6 Å². The van der Waals surface area contributed by atoms with Crippen molar-refractivity contribution in [1.82, 2.24) is 10.6 Å². The highest BCUT2D eigenvalue weighted by molar-refractivity contribution is 5.82. The molecule has 1 atom stereocenters. The Morgan fingerprint density at radius 3 is 2.22 bits per heavy atom. The van der Waals surface area contributed by atoms with Crippen LogP contribution in [0.5, 0.6) is 0 Å². The predicted molar refractivity (Wildman–Crippen MR) is 71.6 cm³/mol. The van der Waals surface area contributed by atoms with E-state index in [2.05, 4.69) is 17.6 Å². The predicted octanol–water partition coefficient (Wildman–Crippen LogP) is 2.51. The summed E-state index contributed by atoms with van der Waals surface area (Å²) in [6.07, 6.45) is 7.39. The third-order valence-electron chi connectivity index (χ3n) is 2.83. The largest absolute Gasteiger partial charge is 0.480 e.